The van der Waals surface area contributed by atoms with Crippen LogP contribution in [0.25, 0.3) is 11.2 Å². The summed E-state index contributed by atoms with van der Waals surface area (Å²) in [7, 11) is 0. The molecule has 1 aliphatic carbocycles. The summed E-state index contributed by atoms with van der Waals surface area (Å²) in [6.45, 7) is 2.83. The molecule has 0 bridgehead atoms. The molecule has 3 amide bonds. The molecule has 0 unspecified atom stereocenters. The lowest BCUT2D eigenvalue weighted by atomic mass is 10.1. The maximum atomic E-state index is 12.2. The minimum absolute atomic E-state index is 0.372. The van der Waals surface area contributed by atoms with Crippen molar-refractivity contribution < 1.29 is 14.3 Å². The average molecular weight is 442 g/mol. The molecule has 1 saturated carbocycles. The molecule has 2 aromatic heterocycles. The van der Waals surface area contributed by atoms with E-state index in [1.807, 2.05) is 23.6 Å². The Morgan fingerprint density at radius 2 is 1.79 bits per heavy atom. The number of fused-ring (bicyclic) bond motifs is 1. The fourth-order valence-electron chi connectivity index (χ4n) is 3.41. The molecule has 0 atom stereocenters. The van der Waals surface area contributed by atoms with Crippen LogP contribution in [0.1, 0.15) is 28.8 Å². The van der Waals surface area contributed by atoms with Crippen LogP contribution < -0.4 is 15.4 Å². The van der Waals surface area contributed by atoms with Crippen LogP contribution in [0.5, 0.6) is 11.6 Å². The van der Waals surface area contributed by atoms with E-state index in [1.165, 1.54) is 19.2 Å². The molecule has 1 fully saturated rings. The van der Waals surface area contributed by atoms with Crippen LogP contribution in [-0.2, 0) is 6.54 Å². The number of carbonyl (C=O) groups excluding carboxylic acids is 2. The molecule has 5 rings (SSSR count). The molecule has 9 heteroatoms. The fourth-order valence-corrected chi connectivity index (χ4v) is 3.41. The molecule has 0 aliphatic heterocycles. The van der Waals surface area contributed by atoms with E-state index in [0.717, 1.165) is 17.8 Å². The third-order valence-corrected chi connectivity index (χ3v) is 5.39. The molecule has 4 aromatic rings. The average Bonchev–Trinajstić information content (AvgIpc) is 3.53. The summed E-state index contributed by atoms with van der Waals surface area (Å²) in [4.78, 5) is 37.3. The topological polar surface area (TPSA) is 111 Å². The molecule has 2 heterocycles. The Kier molecular flexibility index (Phi) is 5.43. The molecule has 0 saturated heterocycles. The molecule has 33 heavy (non-hydrogen) atoms. The van der Waals surface area contributed by atoms with Crippen molar-refractivity contribution in [2.75, 3.05) is 5.32 Å². The van der Waals surface area contributed by atoms with Gasteiger partial charge in [-0.05, 0) is 62.1 Å². The highest BCUT2D eigenvalue weighted by Gasteiger charge is 2.23. The quantitative estimate of drug-likeness (QED) is 0.461. The van der Waals surface area contributed by atoms with Gasteiger partial charge in [-0.3, -0.25) is 10.1 Å². The monoisotopic (exact) mass is 442 g/mol. The number of nitrogens with one attached hydrogen (secondary N) is 2. The SMILES string of the molecule is Cc1ccc(C(=O)NC(=O)Nc2ccc(Oc3ncnc4c3ncn4CC3CC3)cc2)cc1. The maximum Gasteiger partial charge on any atom is 0.326 e. The van der Waals surface area contributed by atoms with E-state index >= 15 is 0 Å². The first-order valence-electron chi connectivity index (χ1n) is 10.7. The van der Waals surface area contributed by atoms with E-state index in [9.17, 15) is 9.59 Å². The summed E-state index contributed by atoms with van der Waals surface area (Å²) in [6.07, 6.45) is 5.72. The third kappa shape index (κ3) is 4.82. The molecular formula is C24H22N6O3. The van der Waals surface area contributed by atoms with Crippen LogP contribution in [0.4, 0.5) is 10.5 Å². The second kappa shape index (κ2) is 8.70. The second-order valence-corrected chi connectivity index (χ2v) is 8.09. The van der Waals surface area contributed by atoms with E-state index in [-0.39, 0.29) is 0 Å². The second-order valence-electron chi connectivity index (χ2n) is 8.09. The number of aryl methyl sites for hydroxylation is 1. The molecule has 0 radical (unpaired) electrons. The Labute approximate surface area is 189 Å². The predicted octanol–water partition coefficient (Wildman–Crippen LogP) is 4.30. The van der Waals surface area contributed by atoms with Crippen molar-refractivity contribution in [1.82, 2.24) is 24.8 Å². The summed E-state index contributed by atoms with van der Waals surface area (Å²) in [5.74, 6) is 1.14. The molecule has 9 nitrogen and oxygen atoms in total. The first kappa shape index (κ1) is 20.6. The van der Waals surface area contributed by atoms with Crippen molar-refractivity contribution in [1.29, 1.82) is 0 Å². The number of imidazole rings is 1. The number of rotatable bonds is 6. The minimum Gasteiger partial charge on any atom is -0.437 e. The van der Waals surface area contributed by atoms with E-state index in [0.29, 0.717) is 34.3 Å². The first-order valence-corrected chi connectivity index (χ1v) is 10.7. The number of hydrogen-bond acceptors (Lipinski definition) is 6. The summed E-state index contributed by atoms with van der Waals surface area (Å²) in [6, 6.07) is 13.1. The normalized spacial score (nSPS) is 13.0. The van der Waals surface area contributed by atoms with Gasteiger partial charge in [-0.1, -0.05) is 17.7 Å². The maximum absolute atomic E-state index is 12.2. The number of carbonyl (C=O) groups is 2. The van der Waals surface area contributed by atoms with Crippen molar-refractivity contribution in [3.8, 4) is 11.6 Å². The zero-order valence-electron chi connectivity index (χ0n) is 18.0. The van der Waals surface area contributed by atoms with E-state index in [4.69, 9.17) is 4.74 Å². The molecule has 1 aliphatic rings. The van der Waals surface area contributed by atoms with Crippen molar-refractivity contribution in [3.05, 3.63) is 72.3 Å². The largest absolute Gasteiger partial charge is 0.437 e. The Morgan fingerprint density at radius 3 is 2.52 bits per heavy atom. The molecular weight excluding hydrogens is 420 g/mol. The lowest BCUT2D eigenvalue weighted by Gasteiger charge is -2.09. The van der Waals surface area contributed by atoms with Crippen LogP contribution in [0.2, 0.25) is 0 Å². The number of benzene rings is 2. The Balaban J connectivity index is 1.22. The zero-order valence-corrected chi connectivity index (χ0v) is 18.0. The molecule has 0 spiro atoms. The van der Waals surface area contributed by atoms with Crippen molar-refractivity contribution in [2.24, 2.45) is 5.92 Å². The van der Waals surface area contributed by atoms with Crippen LogP contribution in [0.3, 0.4) is 0 Å². The van der Waals surface area contributed by atoms with Gasteiger partial charge in [0.05, 0.1) is 6.33 Å². The highest BCUT2D eigenvalue weighted by atomic mass is 16.5. The van der Waals surface area contributed by atoms with Crippen LogP contribution >= 0.6 is 0 Å². The first-order chi connectivity index (χ1) is 16.0. The van der Waals surface area contributed by atoms with Gasteiger partial charge < -0.3 is 14.6 Å². The van der Waals surface area contributed by atoms with Crippen LogP contribution in [-0.4, -0.2) is 31.5 Å². The number of nitrogens with zero attached hydrogens (tertiary/aromatic N) is 4. The summed E-state index contributed by atoms with van der Waals surface area (Å²) >= 11 is 0. The van der Waals surface area contributed by atoms with Crippen LogP contribution in [0.15, 0.2) is 61.2 Å². The van der Waals surface area contributed by atoms with E-state index in [1.54, 1.807) is 42.7 Å². The zero-order chi connectivity index (χ0) is 22.8. The van der Waals surface area contributed by atoms with Gasteiger partial charge in [0.2, 0.25) is 0 Å². The third-order valence-electron chi connectivity index (χ3n) is 5.39. The Bertz CT molecular complexity index is 1310. The highest BCUT2D eigenvalue weighted by molar-refractivity contribution is 6.07. The summed E-state index contributed by atoms with van der Waals surface area (Å²) in [5.41, 5.74) is 3.32. The lowest BCUT2D eigenvalue weighted by molar-refractivity contribution is 0.0967. The van der Waals surface area contributed by atoms with Crippen molar-refractivity contribution in [2.45, 2.75) is 26.3 Å². The number of anilines is 1. The van der Waals surface area contributed by atoms with Gasteiger partial charge in [0.1, 0.15) is 12.1 Å². The van der Waals surface area contributed by atoms with E-state index in [2.05, 4.69) is 25.6 Å². The number of imide groups is 1. The minimum atomic E-state index is -0.618. The van der Waals surface area contributed by atoms with Gasteiger partial charge >= 0.3 is 6.03 Å². The molecule has 2 N–H and O–H groups in total. The molecule has 2 aromatic carbocycles. The van der Waals surface area contributed by atoms with Gasteiger partial charge in [0, 0.05) is 17.8 Å². The number of ether oxygens (including phenoxy) is 1. The van der Waals surface area contributed by atoms with Crippen molar-refractivity contribution >= 4 is 28.8 Å². The van der Waals surface area contributed by atoms with E-state index < -0.39 is 11.9 Å². The van der Waals surface area contributed by atoms with Crippen molar-refractivity contribution in [3.63, 3.8) is 0 Å². The Morgan fingerprint density at radius 1 is 1.03 bits per heavy atom. The lowest BCUT2D eigenvalue weighted by Crippen LogP contribution is -2.34. The number of aromatic nitrogens is 4. The van der Waals surface area contributed by atoms with Gasteiger partial charge in [-0.25, -0.2) is 14.8 Å². The smallest absolute Gasteiger partial charge is 0.326 e. The number of hydrogen-bond donors (Lipinski definition) is 2. The Hall–Kier alpha value is -4.27. The fraction of sp³-hybridized carbons (Fsp3) is 0.208. The van der Waals surface area contributed by atoms with Gasteiger partial charge in [-0.15, -0.1) is 0 Å². The number of amides is 3. The summed E-state index contributed by atoms with van der Waals surface area (Å²) in [5, 5.41) is 4.95. The van der Waals surface area contributed by atoms with Gasteiger partial charge in [-0.2, -0.15) is 4.98 Å². The van der Waals surface area contributed by atoms with Gasteiger partial charge in [0.15, 0.2) is 11.2 Å². The number of urea groups is 1. The predicted molar refractivity (Wildman–Crippen MR) is 122 cm³/mol. The van der Waals surface area contributed by atoms with Crippen LogP contribution in [0, 0.1) is 12.8 Å². The van der Waals surface area contributed by atoms with Gasteiger partial charge in [0.25, 0.3) is 11.8 Å². The summed E-state index contributed by atoms with van der Waals surface area (Å²) < 4.78 is 7.94. The molecule has 166 valence electrons. The highest BCUT2D eigenvalue weighted by Crippen LogP contribution is 2.32. The standard InChI is InChI=1S/C24H22N6O3/c1-15-2-6-17(7-3-15)22(31)29-24(32)28-18-8-10-19(11-9-18)33-23-20-21(25-13-26-23)30(14-27-20)12-16-4-5-16/h2-3,6-11,13-14,16H,4-5,12H2,1H3,(H2,28,29,31,32).